The summed E-state index contributed by atoms with van der Waals surface area (Å²) in [5, 5.41) is 3.58. The summed E-state index contributed by atoms with van der Waals surface area (Å²) < 4.78 is 5.76. The average molecular weight is 395 g/mol. The molecule has 144 valence electrons. The molecule has 1 aliphatic rings. The van der Waals surface area contributed by atoms with Crippen molar-refractivity contribution in [3.8, 4) is 0 Å². The lowest BCUT2D eigenvalue weighted by Gasteiger charge is -2.22. The SMILES string of the molecule is O=C(Nc1ncc(Cc2ccccc2Cl)o1)C(c1ccccc1)C1CCCC1. The highest BCUT2D eigenvalue weighted by atomic mass is 35.5. The molecule has 0 radical (unpaired) electrons. The zero-order valence-electron chi connectivity index (χ0n) is 15.6. The molecule has 0 aliphatic heterocycles. The van der Waals surface area contributed by atoms with Crippen molar-refractivity contribution in [1.82, 2.24) is 4.98 Å². The summed E-state index contributed by atoms with van der Waals surface area (Å²) in [7, 11) is 0. The van der Waals surface area contributed by atoms with E-state index in [2.05, 4.69) is 10.3 Å². The Morgan fingerprint density at radius 3 is 2.57 bits per heavy atom. The number of carbonyl (C=O) groups is 1. The van der Waals surface area contributed by atoms with Gasteiger partial charge in [-0.05, 0) is 36.0 Å². The van der Waals surface area contributed by atoms with Gasteiger partial charge in [-0.2, -0.15) is 0 Å². The lowest BCUT2D eigenvalue weighted by Crippen LogP contribution is -2.26. The number of aromatic nitrogens is 1. The molecule has 1 amide bonds. The second-order valence-electron chi connectivity index (χ2n) is 7.32. The number of rotatable bonds is 6. The van der Waals surface area contributed by atoms with Crippen LogP contribution in [0.5, 0.6) is 0 Å². The number of anilines is 1. The zero-order chi connectivity index (χ0) is 19.3. The number of carbonyl (C=O) groups excluding carboxylic acids is 1. The van der Waals surface area contributed by atoms with E-state index in [4.69, 9.17) is 16.0 Å². The minimum absolute atomic E-state index is 0.0516. The Balaban J connectivity index is 1.49. The van der Waals surface area contributed by atoms with E-state index in [9.17, 15) is 4.79 Å². The molecule has 0 saturated heterocycles. The Hall–Kier alpha value is -2.59. The van der Waals surface area contributed by atoms with Gasteiger partial charge in [0.05, 0.1) is 12.1 Å². The molecule has 4 rings (SSSR count). The van der Waals surface area contributed by atoms with E-state index in [1.165, 1.54) is 12.8 Å². The van der Waals surface area contributed by atoms with E-state index in [1.54, 1.807) is 6.20 Å². The number of nitrogens with one attached hydrogen (secondary N) is 1. The Bertz CT molecular complexity index is 933. The van der Waals surface area contributed by atoms with Crippen molar-refractivity contribution in [1.29, 1.82) is 0 Å². The summed E-state index contributed by atoms with van der Waals surface area (Å²) in [4.78, 5) is 17.3. The summed E-state index contributed by atoms with van der Waals surface area (Å²) in [6.07, 6.45) is 6.70. The molecule has 0 spiro atoms. The van der Waals surface area contributed by atoms with Crippen LogP contribution >= 0.6 is 11.6 Å². The van der Waals surface area contributed by atoms with E-state index >= 15 is 0 Å². The smallest absolute Gasteiger partial charge is 0.301 e. The van der Waals surface area contributed by atoms with Crippen molar-refractivity contribution in [3.63, 3.8) is 0 Å². The van der Waals surface area contributed by atoms with Gasteiger partial charge in [-0.15, -0.1) is 0 Å². The molecule has 1 fully saturated rings. The van der Waals surface area contributed by atoms with Crippen LogP contribution in [0.2, 0.25) is 5.02 Å². The molecule has 3 aromatic rings. The predicted octanol–water partition coefficient (Wildman–Crippen LogP) is 5.83. The maximum absolute atomic E-state index is 13.1. The van der Waals surface area contributed by atoms with Gasteiger partial charge in [-0.25, -0.2) is 4.98 Å². The number of benzene rings is 2. The van der Waals surface area contributed by atoms with Crippen LogP contribution in [0.3, 0.4) is 0 Å². The Morgan fingerprint density at radius 1 is 1.11 bits per heavy atom. The van der Waals surface area contributed by atoms with Crippen molar-refractivity contribution in [2.75, 3.05) is 5.32 Å². The molecule has 1 aliphatic carbocycles. The number of nitrogens with zero attached hydrogens (tertiary/aromatic N) is 1. The monoisotopic (exact) mass is 394 g/mol. The molecule has 4 nitrogen and oxygen atoms in total. The number of oxazole rings is 1. The second-order valence-corrected chi connectivity index (χ2v) is 7.73. The normalized spacial score (nSPS) is 15.5. The summed E-state index contributed by atoms with van der Waals surface area (Å²) in [5.74, 6) is 0.798. The van der Waals surface area contributed by atoms with Crippen molar-refractivity contribution in [2.45, 2.75) is 38.0 Å². The third kappa shape index (κ3) is 4.28. The number of hydrogen-bond acceptors (Lipinski definition) is 3. The summed E-state index contributed by atoms with van der Waals surface area (Å²) >= 11 is 6.22. The molecule has 1 unspecified atom stereocenters. The van der Waals surface area contributed by atoms with Crippen LogP contribution in [0.15, 0.2) is 65.2 Å². The van der Waals surface area contributed by atoms with Crippen LogP contribution in [0, 0.1) is 5.92 Å². The minimum Gasteiger partial charge on any atom is -0.428 e. The molecule has 1 aromatic heterocycles. The van der Waals surface area contributed by atoms with Gasteiger partial charge in [0.1, 0.15) is 5.76 Å². The summed E-state index contributed by atoms with van der Waals surface area (Å²) in [6.45, 7) is 0. The highest BCUT2D eigenvalue weighted by Crippen LogP contribution is 2.38. The fourth-order valence-corrected chi connectivity index (χ4v) is 4.25. The first-order valence-electron chi connectivity index (χ1n) is 9.74. The van der Waals surface area contributed by atoms with Crippen molar-refractivity contribution < 1.29 is 9.21 Å². The Kier molecular flexibility index (Phi) is 5.77. The van der Waals surface area contributed by atoms with Crippen molar-refractivity contribution in [3.05, 3.63) is 82.7 Å². The lowest BCUT2D eigenvalue weighted by molar-refractivity contribution is -0.118. The van der Waals surface area contributed by atoms with Crippen LogP contribution in [-0.4, -0.2) is 10.9 Å². The van der Waals surface area contributed by atoms with E-state index in [1.807, 2.05) is 54.6 Å². The number of hydrogen-bond donors (Lipinski definition) is 1. The van der Waals surface area contributed by atoms with Gasteiger partial charge in [-0.1, -0.05) is 73.0 Å². The molecule has 2 aromatic carbocycles. The largest absolute Gasteiger partial charge is 0.428 e. The van der Waals surface area contributed by atoms with Gasteiger partial charge >= 0.3 is 6.01 Å². The molecular formula is C23H23ClN2O2. The molecule has 0 bridgehead atoms. The molecule has 1 saturated carbocycles. The third-order valence-corrected chi connectivity index (χ3v) is 5.79. The first-order valence-corrected chi connectivity index (χ1v) is 10.1. The van der Waals surface area contributed by atoms with Gasteiger partial charge in [0.25, 0.3) is 0 Å². The highest BCUT2D eigenvalue weighted by molar-refractivity contribution is 6.31. The molecular weight excluding hydrogens is 372 g/mol. The highest BCUT2D eigenvalue weighted by Gasteiger charge is 2.32. The second kappa shape index (κ2) is 8.61. The van der Waals surface area contributed by atoms with Gasteiger partial charge in [0.15, 0.2) is 0 Å². The predicted molar refractivity (Wildman–Crippen MR) is 111 cm³/mol. The van der Waals surface area contributed by atoms with Gasteiger partial charge in [0, 0.05) is 11.4 Å². The number of halogens is 1. The van der Waals surface area contributed by atoms with Crippen LogP contribution in [0.25, 0.3) is 0 Å². The van der Waals surface area contributed by atoms with Crippen LogP contribution in [0.1, 0.15) is 48.5 Å². The minimum atomic E-state index is -0.178. The van der Waals surface area contributed by atoms with Crippen LogP contribution < -0.4 is 5.32 Å². The van der Waals surface area contributed by atoms with Crippen molar-refractivity contribution in [2.24, 2.45) is 5.92 Å². The molecule has 1 N–H and O–H groups in total. The van der Waals surface area contributed by atoms with Crippen LogP contribution in [0.4, 0.5) is 6.01 Å². The zero-order valence-corrected chi connectivity index (χ0v) is 16.4. The Morgan fingerprint density at radius 2 is 1.82 bits per heavy atom. The van der Waals surface area contributed by atoms with Gasteiger partial charge < -0.3 is 4.42 Å². The summed E-state index contributed by atoms with van der Waals surface area (Å²) in [6, 6.07) is 17.9. The quantitative estimate of drug-likeness (QED) is 0.572. The average Bonchev–Trinajstić information content (AvgIpc) is 3.37. The molecule has 5 heteroatoms. The lowest BCUT2D eigenvalue weighted by atomic mass is 9.84. The third-order valence-electron chi connectivity index (χ3n) is 5.42. The van der Waals surface area contributed by atoms with Gasteiger partial charge in [-0.3, -0.25) is 10.1 Å². The van der Waals surface area contributed by atoms with E-state index < -0.39 is 0 Å². The maximum Gasteiger partial charge on any atom is 0.301 e. The standard InChI is InChI=1S/C23H23ClN2O2/c24-20-13-7-6-12-18(20)14-19-15-25-23(28-19)26-22(27)21(17-10-4-5-11-17)16-8-2-1-3-9-16/h1-3,6-9,12-13,15,17,21H,4-5,10-11,14H2,(H,25,26,27). The van der Waals surface area contributed by atoms with E-state index in [0.29, 0.717) is 23.1 Å². The Labute approximate surface area is 169 Å². The maximum atomic E-state index is 13.1. The first-order chi connectivity index (χ1) is 13.7. The van der Waals surface area contributed by atoms with Crippen molar-refractivity contribution >= 4 is 23.5 Å². The fourth-order valence-electron chi connectivity index (χ4n) is 4.05. The fraction of sp³-hybridized carbons (Fsp3) is 0.304. The van der Waals surface area contributed by atoms with E-state index in [-0.39, 0.29) is 17.8 Å². The van der Waals surface area contributed by atoms with E-state index in [0.717, 1.165) is 24.0 Å². The molecule has 1 heterocycles. The van der Waals surface area contributed by atoms with Gasteiger partial charge in [0.2, 0.25) is 5.91 Å². The molecule has 1 atom stereocenters. The van der Waals surface area contributed by atoms with Crippen LogP contribution in [-0.2, 0) is 11.2 Å². The first kappa shape index (κ1) is 18.8. The summed E-state index contributed by atoms with van der Waals surface area (Å²) in [5.41, 5.74) is 2.01. The topological polar surface area (TPSA) is 55.1 Å². The molecule has 28 heavy (non-hydrogen) atoms. The number of amides is 1.